The van der Waals surface area contributed by atoms with E-state index in [9.17, 15) is 4.79 Å². The number of carbonyl (C=O) groups is 1. The molecule has 0 aromatic heterocycles. The van der Waals surface area contributed by atoms with Crippen LogP contribution in [0.3, 0.4) is 0 Å². The maximum absolute atomic E-state index is 12.4. The maximum Gasteiger partial charge on any atom is 0.354 e. The van der Waals surface area contributed by atoms with E-state index in [0.29, 0.717) is 18.2 Å². The predicted octanol–water partition coefficient (Wildman–Crippen LogP) is 4.35. The van der Waals surface area contributed by atoms with Crippen molar-refractivity contribution in [3.05, 3.63) is 41.6 Å². The summed E-state index contributed by atoms with van der Waals surface area (Å²) in [6, 6.07) is 9.84. The van der Waals surface area contributed by atoms with Crippen LogP contribution in [0.1, 0.15) is 45.1 Å². The Morgan fingerprint density at radius 3 is 2.45 bits per heavy atom. The Balaban J connectivity index is 2.68. The van der Waals surface area contributed by atoms with Crippen LogP contribution in [0.15, 0.2) is 36.0 Å². The lowest BCUT2D eigenvalue weighted by Gasteiger charge is -2.19. The normalized spacial score (nSPS) is 12.8. The van der Waals surface area contributed by atoms with Crippen molar-refractivity contribution in [3.8, 4) is 0 Å². The molecule has 1 aromatic rings. The van der Waals surface area contributed by atoms with Gasteiger partial charge < -0.3 is 9.64 Å². The molecule has 0 saturated heterocycles. The molecule has 1 aromatic carbocycles. The van der Waals surface area contributed by atoms with Crippen molar-refractivity contribution < 1.29 is 9.53 Å². The molecule has 0 heterocycles. The van der Waals surface area contributed by atoms with Crippen molar-refractivity contribution in [2.24, 2.45) is 5.92 Å². The van der Waals surface area contributed by atoms with Crippen LogP contribution >= 0.6 is 0 Å². The molecule has 122 valence electrons. The molecule has 1 atom stereocenters. The lowest BCUT2D eigenvalue weighted by Crippen LogP contribution is -2.23. The van der Waals surface area contributed by atoms with E-state index in [1.807, 2.05) is 55.4 Å². The minimum Gasteiger partial charge on any atom is -0.461 e. The van der Waals surface area contributed by atoms with Crippen LogP contribution in [-0.4, -0.2) is 31.6 Å². The number of hydrogen-bond acceptors (Lipinski definition) is 3. The molecule has 0 aliphatic heterocycles. The highest BCUT2D eigenvalue weighted by Crippen LogP contribution is 2.15. The highest BCUT2D eigenvalue weighted by Gasteiger charge is 2.16. The zero-order chi connectivity index (χ0) is 16.4. The minimum atomic E-state index is -0.246. The summed E-state index contributed by atoms with van der Waals surface area (Å²) in [4.78, 5) is 14.2. The number of ether oxygens (including phenoxy) is 1. The molecule has 0 aliphatic rings. The van der Waals surface area contributed by atoms with E-state index < -0.39 is 0 Å². The number of carbonyl (C=O) groups excluding carboxylic acids is 1. The van der Waals surface area contributed by atoms with Crippen LogP contribution in [0.5, 0.6) is 0 Å². The molecule has 0 bridgehead atoms. The molecule has 0 spiro atoms. The number of rotatable bonds is 9. The highest BCUT2D eigenvalue weighted by molar-refractivity contribution is 5.92. The number of esters is 1. The fourth-order valence-corrected chi connectivity index (χ4v) is 2.24. The van der Waals surface area contributed by atoms with E-state index in [2.05, 4.69) is 13.8 Å². The van der Waals surface area contributed by atoms with E-state index in [1.165, 1.54) is 12.8 Å². The van der Waals surface area contributed by atoms with Gasteiger partial charge in [-0.1, -0.05) is 63.4 Å². The van der Waals surface area contributed by atoms with Gasteiger partial charge in [-0.05, 0) is 24.0 Å². The van der Waals surface area contributed by atoms with Gasteiger partial charge in [0.2, 0.25) is 0 Å². The number of hydrogen-bond donors (Lipinski definition) is 0. The van der Waals surface area contributed by atoms with Crippen LogP contribution in [-0.2, 0) is 9.53 Å². The van der Waals surface area contributed by atoms with Crippen LogP contribution in [0.25, 0.3) is 6.08 Å². The SMILES string of the molecule is CCCCC(CC)COC(=O)C(=Cc1ccccc1)N(C)C. The molecule has 0 N–H and O–H groups in total. The van der Waals surface area contributed by atoms with Crippen LogP contribution in [0.4, 0.5) is 0 Å². The lowest BCUT2D eigenvalue weighted by molar-refractivity contribution is -0.141. The van der Waals surface area contributed by atoms with Gasteiger partial charge in [0.25, 0.3) is 0 Å². The first kappa shape index (κ1) is 18.3. The zero-order valence-corrected chi connectivity index (χ0v) is 14.3. The number of benzene rings is 1. The third-order valence-electron chi connectivity index (χ3n) is 3.79. The van der Waals surface area contributed by atoms with Crippen molar-refractivity contribution in [2.45, 2.75) is 39.5 Å². The molecule has 0 aliphatic carbocycles. The molecule has 0 saturated carbocycles. The lowest BCUT2D eigenvalue weighted by atomic mass is 10.0. The molecule has 0 amide bonds. The van der Waals surface area contributed by atoms with Crippen LogP contribution < -0.4 is 0 Å². The Morgan fingerprint density at radius 1 is 1.23 bits per heavy atom. The summed E-state index contributed by atoms with van der Waals surface area (Å²) in [6.45, 7) is 4.85. The first-order chi connectivity index (χ1) is 10.6. The molecule has 22 heavy (non-hydrogen) atoms. The molecular weight excluding hydrogens is 274 g/mol. The monoisotopic (exact) mass is 303 g/mol. The maximum atomic E-state index is 12.4. The molecular formula is C19H29NO2. The van der Waals surface area contributed by atoms with Gasteiger partial charge >= 0.3 is 5.97 Å². The van der Waals surface area contributed by atoms with Gasteiger partial charge in [-0.15, -0.1) is 0 Å². The molecule has 1 rings (SSSR count). The zero-order valence-electron chi connectivity index (χ0n) is 14.3. The van der Waals surface area contributed by atoms with Crippen molar-refractivity contribution in [3.63, 3.8) is 0 Å². The van der Waals surface area contributed by atoms with Crippen LogP contribution in [0.2, 0.25) is 0 Å². The van der Waals surface area contributed by atoms with Gasteiger partial charge in [-0.25, -0.2) is 4.79 Å². The summed E-state index contributed by atoms with van der Waals surface area (Å²) < 4.78 is 5.54. The third kappa shape index (κ3) is 6.33. The minimum absolute atomic E-state index is 0.246. The average Bonchev–Trinajstić information content (AvgIpc) is 2.53. The Morgan fingerprint density at radius 2 is 1.91 bits per heavy atom. The summed E-state index contributed by atoms with van der Waals surface area (Å²) in [6.07, 6.45) is 6.42. The van der Waals surface area contributed by atoms with Gasteiger partial charge in [0.15, 0.2) is 0 Å². The summed E-state index contributed by atoms with van der Waals surface area (Å²) in [5.41, 5.74) is 1.58. The van der Waals surface area contributed by atoms with Crippen molar-refractivity contribution >= 4 is 12.0 Å². The molecule has 3 nitrogen and oxygen atoms in total. The van der Waals surface area contributed by atoms with E-state index >= 15 is 0 Å². The molecule has 1 unspecified atom stereocenters. The second-order valence-electron chi connectivity index (χ2n) is 5.85. The quantitative estimate of drug-likeness (QED) is 0.502. The summed E-state index contributed by atoms with van der Waals surface area (Å²) in [5, 5.41) is 0. The van der Waals surface area contributed by atoms with Gasteiger partial charge in [-0.3, -0.25) is 0 Å². The first-order valence-corrected chi connectivity index (χ1v) is 8.19. The second-order valence-corrected chi connectivity index (χ2v) is 5.85. The fraction of sp³-hybridized carbons (Fsp3) is 0.526. The number of unbranched alkanes of at least 4 members (excludes halogenated alkanes) is 1. The first-order valence-electron chi connectivity index (χ1n) is 8.19. The van der Waals surface area contributed by atoms with E-state index in [0.717, 1.165) is 18.4 Å². The topological polar surface area (TPSA) is 29.5 Å². The summed E-state index contributed by atoms with van der Waals surface area (Å²) in [7, 11) is 3.73. The average molecular weight is 303 g/mol. The largest absolute Gasteiger partial charge is 0.461 e. The Bertz CT molecular complexity index is 466. The Labute approximate surface area is 135 Å². The van der Waals surface area contributed by atoms with E-state index in [-0.39, 0.29) is 5.97 Å². The second kappa shape index (κ2) is 10.0. The number of nitrogens with zero attached hydrogens (tertiary/aromatic N) is 1. The van der Waals surface area contributed by atoms with Gasteiger partial charge in [0, 0.05) is 14.1 Å². The van der Waals surface area contributed by atoms with Gasteiger partial charge in [0.05, 0.1) is 6.61 Å². The number of likely N-dealkylation sites (N-methyl/N-ethyl adjacent to an activating group) is 1. The van der Waals surface area contributed by atoms with E-state index in [1.54, 1.807) is 0 Å². The Kier molecular flexibility index (Phi) is 8.34. The third-order valence-corrected chi connectivity index (χ3v) is 3.79. The standard InChI is InChI=1S/C19H29NO2/c1-5-7-11-16(6-2)15-22-19(21)18(20(3)4)14-17-12-9-8-10-13-17/h8-10,12-14,16H,5-7,11,15H2,1-4H3. The molecule has 0 radical (unpaired) electrons. The Hall–Kier alpha value is -1.77. The van der Waals surface area contributed by atoms with Crippen molar-refractivity contribution in [1.82, 2.24) is 4.90 Å². The molecule has 3 heteroatoms. The molecule has 0 fully saturated rings. The van der Waals surface area contributed by atoms with Crippen LogP contribution in [0, 0.1) is 5.92 Å². The summed E-state index contributed by atoms with van der Waals surface area (Å²) >= 11 is 0. The van der Waals surface area contributed by atoms with Gasteiger partial charge in [-0.2, -0.15) is 0 Å². The smallest absolute Gasteiger partial charge is 0.354 e. The van der Waals surface area contributed by atoms with Crippen molar-refractivity contribution in [2.75, 3.05) is 20.7 Å². The van der Waals surface area contributed by atoms with Crippen molar-refractivity contribution in [1.29, 1.82) is 0 Å². The highest BCUT2D eigenvalue weighted by atomic mass is 16.5. The van der Waals surface area contributed by atoms with Gasteiger partial charge in [0.1, 0.15) is 5.70 Å². The summed E-state index contributed by atoms with van der Waals surface area (Å²) in [5.74, 6) is 0.216. The van der Waals surface area contributed by atoms with E-state index in [4.69, 9.17) is 4.74 Å². The predicted molar refractivity (Wildman–Crippen MR) is 92.4 cm³/mol. The fourth-order valence-electron chi connectivity index (χ4n) is 2.24.